The van der Waals surface area contributed by atoms with E-state index in [2.05, 4.69) is 5.43 Å². The summed E-state index contributed by atoms with van der Waals surface area (Å²) in [6.45, 7) is -0.737. The Morgan fingerprint density at radius 2 is 1.29 bits per heavy atom. The van der Waals surface area contributed by atoms with Crippen molar-refractivity contribution >= 4 is 0 Å². The fourth-order valence-electron chi connectivity index (χ4n) is 4.87. The summed E-state index contributed by atoms with van der Waals surface area (Å²) in [7, 11) is 0. The Bertz CT molecular complexity index is 758. The predicted octanol–water partition coefficient (Wildman–Crippen LogP) is -8.45. The van der Waals surface area contributed by atoms with E-state index in [0.29, 0.717) is 0 Å². The van der Waals surface area contributed by atoms with Gasteiger partial charge in [0.1, 0.15) is 54.4 Å². The van der Waals surface area contributed by atoms with Crippen molar-refractivity contribution in [2.45, 2.75) is 104 Å². The van der Waals surface area contributed by atoms with Gasteiger partial charge < -0.3 is 81.7 Å². The highest BCUT2D eigenvalue weighted by molar-refractivity contribution is 5.06. The largest absolute Gasteiger partial charge is 0.394 e. The topological polar surface area (TPSA) is 324 Å². The third-order valence-electron chi connectivity index (χ3n) is 7.50. The number of rotatable bonds is 9. The first kappa shape index (κ1) is 31.8. The van der Waals surface area contributed by atoms with Gasteiger partial charge in [-0.3, -0.25) is 11.3 Å². The Kier molecular flexibility index (Phi) is 10.8. The highest BCUT2D eigenvalue weighted by Crippen LogP contribution is 2.35. The van der Waals surface area contributed by atoms with Crippen molar-refractivity contribution in [2.75, 3.05) is 19.8 Å². The molecule has 18 heteroatoms. The zero-order valence-corrected chi connectivity index (χ0v) is 20.7. The van der Waals surface area contributed by atoms with Gasteiger partial charge in [0.25, 0.3) is 0 Å². The smallest absolute Gasteiger partial charge is 0.176 e. The Labute approximate surface area is 217 Å². The van der Waals surface area contributed by atoms with Crippen LogP contribution in [0.4, 0.5) is 0 Å². The van der Waals surface area contributed by atoms with Crippen molar-refractivity contribution in [3.8, 4) is 0 Å². The van der Waals surface area contributed by atoms with Crippen LogP contribution in [0.3, 0.4) is 0 Å². The number of aliphatic hydroxyl groups is 8. The van der Waals surface area contributed by atoms with Crippen LogP contribution in [-0.2, 0) is 23.7 Å². The van der Waals surface area contributed by atoms with Crippen molar-refractivity contribution in [2.24, 2.45) is 23.0 Å². The lowest BCUT2D eigenvalue weighted by Gasteiger charge is -2.52. The summed E-state index contributed by atoms with van der Waals surface area (Å²) in [5, 5.41) is 81.9. The van der Waals surface area contributed by atoms with Crippen molar-refractivity contribution < 1.29 is 64.5 Å². The van der Waals surface area contributed by atoms with E-state index in [1.807, 2.05) is 0 Å². The molecule has 0 radical (unpaired) electrons. The highest BCUT2D eigenvalue weighted by Gasteiger charge is 2.58. The lowest BCUT2D eigenvalue weighted by Crippen LogP contribution is -2.75. The molecular formula is C20H41N5O13. The van der Waals surface area contributed by atoms with Gasteiger partial charge in [0.05, 0.1) is 44.0 Å². The van der Waals surface area contributed by atoms with Gasteiger partial charge in [0.2, 0.25) is 0 Å². The van der Waals surface area contributed by atoms with Gasteiger partial charge in [-0.05, 0) is 6.92 Å². The molecule has 18 nitrogen and oxygen atoms in total. The van der Waals surface area contributed by atoms with Crippen LogP contribution >= 0.6 is 0 Å². The molecule has 0 spiro atoms. The number of ether oxygens (including phenoxy) is 5. The number of nitrogens with one attached hydrogen (secondary N) is 1. The molecule has 3 aliphatic rings. The Balaban J connectivity index is 1.78. The van der Waals surface area contributed by atoms with E-state index >= 15 is 0 Å². The monoisotopic (exact) mass is 559 g/mol. The summed E-state index contributed by atoms with van der Waals surface area (Å²) >= 11 is 0. The van der Waals surface area contributed by atoms with E-state index in [1.165, 1.54) is 6.92 Å². The third kappa shape index (κ3) is 5.70. The van der Waals surface area contributed by atoms with Gasteiger partial charge in [-0.1, -0.05) is 0 Å². The molecule has 3 heterocycles. The van der Waals surface area contributed by atoms with E-state index in [4.69, 9.17) is 46.7 Å². The van der Waals surface area contributed by atoms with Gasteiger partial charge in [-0.2, -0.15) is 0 Å². The Morgan fingerprint density at radius 3 is 1.82 bits per heavy atom. The summed E-state index contributed by atoms with van der Waals surface area (Å²) in [4.78, 5) is 0. The first-order valence-corrected chi connectivity index (χ1v) is 12.1. The molecule has 17 N–H and O–H groups in total. The minimum absolute atomic E-state index is 0.668. The number of hydrogen-bond acceptors (Lipinski definition) is 18. The minimum Gasteiger partial charge on any atom is -0.394 e. The Morgan fingerprint density at radius 1 is 0.789 bits per heavy atom. The van der Waals surface area contributed by atoms with Crippen molar-refractivity contribution in [3.05, 3.63) is 0 Å². The molecule has 0 amide bonds. The molecule has 38 heavy (non-hydrogen) atoms. The molecule has 3 saturated heterocycles. The summed E-state index contributed by atoms with van der Waals surface area (Å²) < 4.78 is 28.1. The molecule has 3 aliphatic heterocycles. The molecule has 3 rings (SSSR count). The molecule has 0 saturated carbocycles. The van der Waals surface area contributed by atoms with Crippen LogP contribution in [0.15, 0.2) is 0 Å². The van der Waals surface area contributed by atoms with Crippen LogP contribution in [0.5, 0.6) is 0 Å². The second-order valence-electron chi connectivity index (χ2n) is 9.81. The molecular weight excluding hydrogens is 518 g/mol. The van der Waals surface area contributed by atoms with Gasteiger partial charge in [-0.25, -0.2) is 0 Å². The fourth-order valence-corrected chi connectivity index (χ4v) is 4.87. The fraction of sp³-hybridized carbons (Fsp3) is 1.00. The molecule has 3 unspecified atom stereocenters. The zero-order chi connectivity index (χ0) is 28.5. The standard InChI is InChI=1S/C20H41N5O13/c1-5(25-24)20(4-28)16(32)13(31)10(23)19(38-20)37-15-7(3-27)35-18(9(22)12(15)30)36-14-6(2-26)34-17(33)8(21)11(14)29/h5-19,25-33H,2-4,21-24H2,1H3/t5?,6-,7-,8-,9-,10-,11-,12-,13-,14?,15?,16+,17-,18+,19+,20+/m1/s1. The van der Waals surface area contributed by atoms with Gasteiger partial charge in [-0.15, -0.1) is 0 Å². The maximum Gasteiger partial charge on any atom is 0.176 e. The molecule has 3 fully saturated rings. The normalized spacial score (nSPS) is 51.1. The number of hydrazine groups is 1. The maximum atomic E-state index is 11.0. The van der Waals surface area contributed by atoms with Crippen LogP contribution in [0.1, 0.15) is 6.92 Å². The van der Waals surface area contributed by atoms with E-state index in [9.17, 15) is 40.9 Å². The third-order valence-corrected chi connectivity index (χ3v) is 7.50. The van der Waals surface area contributed by atoms with E-state index in [0.717, 1.165) is 0 Å². The van der Waals surface area contributed by atoms with E-state index in [-0.39, 0.29) is 0 Å². The molecule has 0 bridgehead atoms. The minimum atomic E-state index is -1.86. The lowest BCUT2D eigenvalue weighted by molar-refractivity contribution is -0.363. The molecule has 224 valence electrons. The van der Waals surface area contributed by atoms with E-state index < -0.39 is 117 Å². The van der Waals surface area contributed by atoms with Crippen LogP contribution in [-0.4, -0.2) is 158 Å². The Hall–Kier alpha value is -0.720. The summed E-state index contributed by atoms with van der Waals surface area (Å²) in [5.41, 5.74) is 18.3. The van der Waals surface area contributed by atoms with Crippen LogP contribution < -0.4 is 28.5 Å². The van der Waals surface area contributed by atoms with Crippen molar-refractivity contribution in [1.29, 1.82) is 0 Å². The summed E-state index contributed by atoms with van der Waals surface area (Å²) in [5.74, 6) is 5.46. The average Bonchev–Trinajstić information content (AvgIpc) is 2.92. The summed E-state index contributed by atoms with van der Waals surface area (Å²) in [6.07, 6.45) is -16.4. The molecule has 0 aromatic carbocycles. The lowest BCUT2D eigenvalue weighted by atomic mass is 9.81. The molecule has 16 atom stereocenters. The molecule has 0 aliphatic carbocycles. The second kappa shape index (κ2) is 12.9. The quantitative estimate of drug-likeness (QED) is 0.0920. The van der Waals surface area contributed by atoms with E-state index in [1.54, 1.807) is 0 Å². The number of aliphatic hydroxyl groups excluding tert-OH is 8. The first-order chi connectivity index (χ1) is 17.9. The zero-order valence-electron chi connectivity index (χ0n) is 20.7. The van der Waals surface area contributed by atoms with Gasteiger partial charge >= 0.3 is 0 Å². The van der Waals surface area contributed by atoms with Crippen LogP contribution in [0.2, 0.25) is 0 Å². The number of hydrogen-bond donors (Lipinski definition) is 13. The highest BCUT2D eigenvalue weighted by atomic mass is 16.7. The average molecular weight is 560 g/mol. The summed E-state index contributed by atoms with van der Waals surface area (Å²) in [6, 6.07) is -4.95. The molecule has 0 aromatic rings. The van der Waals surface area contributed by atoms with Crippen LogP contribution in [0.25, 0.3) is 0 Å². The maximum absolute atomic E-state index is 11.0. The number of nitrogens with two attached hydrogens (primary N) is 4. The van der Waals surface area contributed by atoms with Gasteiger partial charge in [0.15, 0.2) is 18.9 Å². The predicted molar refractivity (Wildman–Crippen MR) is 123 cm³/mol. The first-order valence-electron chi connectivity index (χ1n) is 12.1. The molecule has 0 aromatic heterocycles. The van der Waals surface area contributed by atoms with Gasteiger partial charge in [0, 0.05) is 0 Å². The second-order valence-corrected chi connectivity index (χ2v) is 9.81. The SMILES string of the molecule is CC(NN)[C@]1(CO)O[C@H](OC2[C@@H](CO)O[C@@H](OC3[C@@H](CO)O[C@@H](O)[C@H](N)[C@H]3O)[C@H](N)[C@H]2O)[C@H](N)[C@@H](O)[C@@H]1O. The van der Waals surface area contributed by atoms with Crippen molar-refractivity contribution in [3.63, 3.8) is 0 Å². The van der Waals surface area contributed by atoms with Crippen LogP contribution in [0, 0.1) is 0 Å². The van der Waals surface area contributed by atoms with Crippen molar-refractivity contribution in [1.82, 2.24) is 5.43 Å².